The number of aliphatic hydroxyl groups excluding tert-OH is 1. The maximum atomic E-state index is 12.3. The van der Waals surface area contributed by atoms with Gasteiger partial charge in [-0.3, -0.25) is 4.79 Å². The average molecular weight is 261 g/mol. The van der Waals surface area contributed by atoms with Crippen LogP contribution >= 0.6 is 0 Å². The molecule has 4 nitrogen and oxygen atoms in total. The highest BCUT2D eigenvalue weighted by Gasteiger charge is 2.34. The van der Waals surface area contributed by atoms with Gasteiger partial charge in [-0.05, 0) is 30.4 Å². The largest absolute Gasteiger partial charge is 0.480 e. The molecule has 0 bridgehead atoms. The van der Waals surface area contributed by atoms with Crippen molar-refractivity contribution in [2.45, 2.75) is 31.5 Å². The molecule has 1 unspecified atom stereocenters. The summed E-state index contributed by atoms with van der Waals surface area (Å²) in [6.07, 6.45) is 1.73. The normalized spacial score (nSPS) is 28.2. The van der Waals surface area contributed by atoms with E-state index in [1.807, 2.05) is 31.3 Å². The van der Waals surface area contributed by atoms with Gasteiger partial charge in [-0.25, -0.2) is 0 Å². The molecule has 1 amide bonds. The monoisotopic (exact) mass is 261 g/mol. The van der Waals surface area contributed by atoms with E-state index in [4.69, 9.17) is 4.74 Å². The van der Waals surface area contributed by atoms with E-state index >= 15 is 0 Å². The molecule has 0 saturated heterocycles. The number of likely N-dealkylation sites (N-methyl/N-ethyl adjacent to an activating group) is 1. The number of hydrogen-bond donors (Lipinski definition) is 1. The fourth-order valence-corrected chi connectivity index (χ4v) is 2.89. The quantitative estimate of drug-likeness (QED) is 0.890. The Bertz CT molecular complexity index is 457. The molecule has 19 heavy (non-hydrogen) atoms. The number of carbonyl (C=O) groups excluding carboxylic acids is 1. The van der Waals surface area contributed by atoms with Gasteiger partial charge in [-0.15, -0.1) is 0 Å². The minimum absolute atomic E-state index is 0.0394. The highest BCUT2D eigenvalue weighted by Crippen LogP contribution is 2.30. The lowest BCUT2D eigenvalue weighted by Crippen LogP contribution is -2.44. The van der Waals surface area contributed by atoms with Crippen LogP contribution in [0.5, 0.6) is 5.75 Å². The predicted octanol–water partition coefficient (Wildman–Crippen LogP) is 1.22. The average Bonchev–Trinajstić information content (AvgIpc) is 2.79. The van der Waals surface area contributed by atoms with Gasteiger partial charge in [0.1, 0.15) is 5.75 Å². The van der Waals surface area contributed by atoms with Gasteiger partial charge in [0.15, 0.2) is 6.10 Å². The van der Waals surface area contributed by atoms with Crippen LogP contribution in [0.1, 0.15) is 18.4 Å². The second-order valence-electron chi connectivity index (χ2n) is 5.63. The number of nitrogens with zero attached hydrogens (tertiary/aromatic N) is 1. The molecule has 2 aliphatic rings. The number of rotatable bonds is 3. The summed E-state index contributed by atoms with van der Waals surface area (Å²) < 4.78 is 5.70. The number of aliphatic hydroxyl groups is 1. The summed E-state index contributed by atoms with van der Waals surface area (Å²) in [5.74, 6) is 1.30. The van der Waals surface area contributed by atoms with Gasteiger partial charge in [0, 0.05) is 20.0 Å². The lowest BCUT2D eigenvalue weighted by Gasteiger charge is -2.34. The fourth-order valence-electron chi connectivity index (χ4n) is 2.89. The van der Waals surface area contributed by atoms with Crippen molar-refractivity contribution >= 4 is 5.91 Å². The molecular weight excluding hydrogens is 242 g/mol. The summed E-state index contributed by atoms with van der Waals surface area (Å²) in [5, 5.41) is 9.27. The number of amides is 1. The Morgan fingerprint density at radius 3 is 2.84 bits per heavy atom. The fraction of sp³-hybridized carbons (Fsp3) is 0.533. The third-order valence-corrected chi connectivity index (χ3v) is 4.04. The summed E-state index contributed by atoms with van der Waals surface area (Å²) in [6, 6.07) is 7.80. The lowest BCUT2D eigenvalue weighted by molar-refractivity contribution is -0.138. The topological polar surface area (TPSA) is 49.8 Å². The van der Waals surface area contributed by atoms with Gasteiger partial charge in [-0.1, -0.05) is 18.2 Å². The number of para-hydroxylation sites is 1. The molecule has 1 aromatic rings. The van der Waals surface area contributed by atoms with Crippen LogP contribution < -0.4 is 4.74 Å². The summed E-state index contributed by atoms with van der Waals surface area (Å²) in [4.78, 5) is 14.1. The second-order valence-corrected chi connectivity index (χ2v) is 5.63. The van der Waals surface area contributed by atoms with E-state index in [1.165, 1.54) is 0 Å². The zero-order chi connectivity index (χ0) is 13.4. The molecule has 1 N–H and O–H groups in total. The van der Waals surface area contributed by atoms with Crippen molar-refractivity contribution in [3.05, 3.63) is 29.8 Å². The Hall–Kier alpha value is -1.55. The maximum absolute atomic E-state index is 12.3. The van der Waals surface area contributed by atoms with Crippen LogP contribution in [-0.4, -0.2) is 41.7 Å². The molecule has 1 aromatic carbocycles. The van der Waals surface area contributed by atoms with Crippen molar-refractivity contribution in [1.82, 2.24) is 4.90 Å². The Morgan fingerprint density at radius 1 is 1.42 bits per heavy atom. The molecule has 0 spiro atoms. The molecular formula is C15H19NO3. The van der Waals surface area contributed by atoms with E-state index in [0.29, 0.717) is 18.9 Å². The van der Waals surface area contributed by atoms with Crippen LogP contribution in [0.4, 0.5) is 0 Å². The van der Waals surface area contributed by atoms with E-state index in [9.17, 15) is 9.90 Å². The van der Waals surface area contributed by atoms with Crippen LogP contribution in [0.15, 0.2) is 24.3 Å². The molecule has 1 heterocycles. The van der Waals surface area contributed by atoms with Crippen LogP contribution in [0.2, 0.25) is 0 Å². The first-order valence-electron chi connectivity index (χ1n) is 6.81. The highest BCUT2D eigenvalue weighted by atomic mass is 16.5. The zero-order valence-corrected chi connectivity index (χ0v) is 11.1. The van der Waals surface area contributed by atoms with Crippen LogP contribution in [0.3, 0.4) is 0 Å². The third kappa shape index (κ3) is 2.45. The summed E-state index contributed by atoms with van der Waals surface area (Å²) in [5.41, 5.74) is 1.10. The molecule has 3 rings (SSSR count). The molecule has 1 saturated carbocycles. The first-order chi connectivity index (χ1) is 9.13. The number of ether oxygens (including phenoxy) is 1. The first-order valence-corrected chi connectivity index (χ1v) is 6.81. The Labute approximate surface area is 113 Å². The van der Waals surface area contributed by atoms with Crippen molar-refractivity contribution in [2.24, 2.45) is 5.92 Å². The minimum atomic E-state index is -0.382. The Morgan fingerprint density at radius 2 is 2.16 bits per heavy atom. The Balaban J connectivity index is 1.57. The highest BCUT2D eigenvalue weighted by molar-refractivity contribution is 5.82. The van der Waals surface area contributed by atoms with E-state index in [0.717, 1.165) is 24.2 Å². The van der Waals surface area contributed by atoms with Gasteiger partial charge >= 0.3 is 0 Å². The predicted molar refractivity (Wildman–Crippen MR) is 70.9 cm³/mol. The van der Waals surface area contributed by atoms with Crippen LogP contribution in [-0.2, 0) is 11.2 Å². The second kappa shape index (κ2) is 4.85. The minimum Gasteiger partial charge on any atom is -0.480 e. The third-order valence-electron chi connectivity index (χ3n) is 4.04. The molecule has 1 atom stereocenters. The van der Waals surface area contributed by atoms with Gasteiger partial charge in [0.05, 0.1) is 6.10 Å². The van der Waals surface area contributed by atoms with E-state index in [2.05, 4.69) is 0 Å². The van der Waals surface area contributed by atoms with Crippen LogP contribution in [0.25, 0.3) is 0 Å². The van der Waals surface area contributed by atoms with Crippen molar-refractivity contribution in [1.29, 1.82) is 0 Å². The van der Waals surface area contributed by atoms with Crippen molar-refractivity contribution < 1.29 is 14.6 Å². The van der Waals surface area contributed by atoms with Crippen LogP contribution in [0, 0.1) is 5.92 Å². The van der Waals surface area contributed by atoms with E-state index < -0.39 is 0 Å². The van der Waals surface area contributed by atoms with Crippen molar-refractivity contribution in [3.63, 3.8) is 0 Å². The van der Waals surface area contributed by atoms with Crippen molar-refractivity contribution in [3.8, 4) is 5.75 Å². The molecule has 1 aliphatic heterocycles. The van der Waals surface area contributed by atoms with E-state index in [1.54, 1.807) is 4.90 Å². The summed E-state index contributed by atoms with van der Waals surface area (Å²) >= 11 is 0. The van der Waals surface area contributed by atoms with Crippen molar-refractivity contribution in [2.75, 3.05) is 13.6 Å². The molecule has 102 valence electrons. The smallest absolute Gasteiger partial charge is 0.263 e. The maximum Gasteiger partial charge on any atom is 0.263 e. The molecule has 0 radical (unpaired) electrons. The SMILES string of the molecule is CN(CC1CC(O)C1)C(=O)C1Cc2ccccc2O1. The zero-order valence-electron chi connectivity index (χ0n) is 11.1. The Kier molecular flexibility index (Phi) is 3.19. The van der Waals surface area contributed by atoms with Gasteiger partial charge in [0.25, 0.3) is 5.91 Å². The lowest BCUT2D eigenvalue weighted by atomic mass is 9.82. The molecule has 4 heteroatoms. The molecule has 1 aliphatic carbocycles. The number of fused-ring (bicyclic) bond motifs is 1. The standard InChI is InChI=1S/C15H19NO3/c1-16(9-10-6-12(17)7-10)15(18)14-8-11-4-2-3-5-13(11)19-14/h2-5,10,12,14,17H,6-9H2,1H3. The molecule has 1 fully saturated rings. The molecule has 0 aromatic heterocycles. The first kappa shape index (κ1) is 12.5. The van der Waals surface area contributed by atoms with Gasteiger partial charge in [-0.2, -0.15) is 0 Å². The summed E-state index contributed by atoms with van der Waals surface area (Å²) in [7, 11) is 1.82. The van der Waals surface area contributed by atoms with E-state index in [-0.39, 0.29) is 18.1 Å². The van der Waals surface area contributed by atoms with Gasteiger partial charge in [0.2, 0.25) is 0 Å². The van der Waals surface area contributed by atoms with Gasteiger partial charge < -0.3 is 14.7 Å². The number of hydrogen-bond acceptors (Lipinski definition) is 3. The summed E-state index contributed by atoms with van der Waals surface area (Å²) in [6.45, 7) is 0.714. The number of carbonyl (C=O) groups is 1. The number of benzene rings is 1.